The Morgan fingerprint density at radius 2 is 2.20 bits per heavy atom. The first-order valence-corrected chi connectivity index (χ1v) is 4.88. The zero-order chi connectivity index (χ0) is 11.3. The smallest absolute Gasteiger partial charge is 0.165 e. The number of ether oxygens (including phenoxy) is 2. The monoisotopic (exact) mass is 213 g/mol. The second-order valence-electron chi connectivity index (χ2n) is 3.07. The summed E-state index contributed by atoms with van der Waals surface area (Å²) in [6, 6.07) is 4.73. The lowest BCUT2D eigenvalue weighted by Crippen LogP contribution is -2.16. The van der Waals surface area contributed by atoms with Crippen LogP contribution in [0.4, 0.5) is 4.39 Å². The van der Waals surface area contributed by atoms with Gasteiger partial charge in [-0.25, -0.2) is 4.39 Å². The van der Waals surface area contributed by atoms with Crippen molar-refractivity contribution in [3.63, 3.8) is 0 Å². The normalized spacial score (nSPS) is 12.5. The van der Waals surface area contributed by atoms with Crippen LogP contribution in [-0.4, -0.2) is 20.3 Å². The molecule has 1 rings (SSSR count). The fourth-order valence-electron chi connectivity index (χ4n) is 1.38. The Morgan fingerprint density at radius 3 is 2.67 bits per heavy atom. The van der Waals surface area contributed by atoms with Gasteiger partial charge in [-0.3, -0.25) is 0 Å². The van der Waals surface area contributed by atoms with Gasteiger partial charge in [-0.2, -0.15) is 0 Å². The summed E-state index contributed by atoms with van der Waals surface area (Å²) in [5, 5.41) is 0. The largest absolute Gasteiger partial charge is 0.494 e. The first-order chi connectivity index (χ1) is 7.22. The molecule has 1 aromatic rings. The molecule has 0 radical (unpaired) electrons. The molecule has 0 saturated heterocycles. The van der Waals surface area contributed by atoms with Gasteiger partial charge in [0.1, 0.15) is 0 Å². The van der Waals surface area contributed by atoms with E-state index in [2.05, 4.69) is 0 Å². The summed E-state index contributed by atoms with van der Waals surface area (Å²) in [5.41, 5.74) is 6.27. The van der Waals surface area contributed by atoms with Crippen LogP contribution in [0.25, 0.3) is 0 Å². The fourth-order valence-corrected chi connectivity index (χ4v) is 1.38. The molecule has 0 aromatic heterocycles. The third-order valence-electron chi connectivity index (χ3n) is 2.13. The molecule has 0 heterocycles. The molecule has 0 fully saturated rings. The molecule has 0 spiro atoms. The van der Waals surface area contributed by atoms with E-state index in [0.29, 0.717) is 13.2 Å². The van der Waals surface area contributed by atoms with Gasteiger partial charge in [-0.1, -0.05) is 6.07 Å². The van der Waals surface area contributed by atoms with Crippen LogP contribution in [0.3, 0.4) is 0 Å². The molecular weight excluding hydrogens is 197 g/mol. The van der Waals surface area contributed by atoms with Crippen molar-refractivity contribution in [2.45, 2.75) is 13.0 Å². The van der Waals surface area contributed by atoms with Gasteiger partial charge in [0.15, 0.2) is 11.6 Å². The van der Waals surface area contributed by atoms with Crippen molar-refractivity contribution in [3.05, 3.63) is 29.6 Å². The van der Waals surface area contributed by atoms with Crippen molar-refractivity contribution < 1.29 is 13.9 Å². The highest BCUT2D eigenvalue weighted by Gasteiger charge is 2.12. The summed E-state index contributed by atoms with van der Waals surface area (Å²) in [5.74, 6) is -0.167. The van der Waals surface area contributed by atoms with Crippen molar-refractivity contribution in [1.29, 1.82) is 0 Å². The third-order valence-corrected chi connectivity index (χ3v) is 2.13. The molecule has 4 heteroatoms. The molecule has 0 unspecified atom stereocenters. The van der Waals surface area contributed by atoms with E-state index in [-0.39, 0.29) is 11.9 Å². The van der Waals surface area contributed by atoms with Gasteiger partial charge in [0.05, 0.1) is 13.2 Å². The lowest BCUT2D eigenvalue weighted by atomic mass is 10.1. The Kier molecular flexibility index (Phi) is 4.52. The second-order valence-corrected chi connectivity index (χ2v) is 3.07. The minimum Gasteiger partial charge on any atom is -0.494 e. The molecule has 1 aromatic carbocycles. The number of rotatable bonds is 5. The fraction of sp³-hybridized carbons (Fsp3) is 0.455. The van der Waals surface area contributed by atoms with Gasteiger partial charge in [-0.05, 0) is 24.6 Å². The Bertz CT molecular complexity index is 317. The van der Waals surface area contributed by atoms with E-state index in [1.54, 1.807) is 12.1 Å². The maximum Gasteiger partial charge on any atom is 0.165 e. The molecule has 3 nitrogen and oxygen atoms in total. The molecule has 0 aliphatic carbocycles. The Labute approximate surface area is 89.0 Å². The van der Waals surface area contributed by atoms with Gasteiger partial charge in [0, 0.05) is 13.2 Å². The topological polar surface area (TPSA) is 44.5 Å². The molecule has 0 bridgehead atoms. The average molecular weight is 213 g/mol. The van der Waals surface area contributed by atoms with Crippen LogP contribution in [-0.2, 0) is 4.74 Å². The summed E-state index contributed by atoms with van der Waals surface area (Å²) >= 11 is 0. The van der Waals surface area contributed by atoms with E-state index in [1.807, 2.05) is 6.92 Å². The predicted molar refractivity (Wildman–Crippen MR) is 56.4 cm³/mol. The van der Waals surface area contributed by atoms with Crippen molar-refractivity contribution in [1.82, 2.24) is 0 Å². The summed E-state index contributed by atoms with van der Waals surface area (Å²) in [6.45, 7) is 2.76. The van der Waals surface area contributed by atoms with E-state index < -0.39 is 5.82 Å². The zero-order valence-corrected chi connectivity index (χ0v) is 9.00. The highest BCUT2D eigenvalue weighted by Crippen LogP contribution is 2.23. The number of methoxy groups -OCH3 is 1. The Hall–Kier alpha value is -1.13. The van der Waals surface area contributed by atoms with Gasteiger partial charge >= 0.3 is 0 Å². The SMILES string of the molecule is CCO[C@@H](CN)c1ccc(OC)c(F)c1. The Morgan fingerprint density at radius 1 is 1.47 bits per heavy atom. The highest BCUT2D eigenvalue weighted by atomic mass is 19.1. The second kappa shape index (κ2) is 5.68. The Balaban J connectivity index is 2.89. The molecule has 1 atom stereocenters. The first-order valence-electron chi connectivity index (χ1n) is 4.88. The molecule has 0 aliphatic heterocycles. The van der Waals surface area contributed by atoms with Crippen LogP contribution in [0, 0.1) is 5.82 Å². The van der Waals surface area contributed by atoms with Crippen molar-refractivity contribution in [2.75, 3.05) is 20.3 Å². The third kappa shape index (κ3) is 2.91. The van der Waals surface area contributed by atoms with E-state index >= 15 is 0 Å². The summed E-state index contributed by atoms with van der Waals surface area (Å²) in [7, 11) is 1.43. The number of nitrogens with two attached hydrogens (primary N) is 1. The predicted octanol–water partition coefficient (Wildman–Crippen LogP) is 1.87. The van der Waals surface area contributed by atoms with Gasteiger partial charge in [-0.15, -0.1) is 0 Å². The average Bonchev–Trinajstić information content (AvgIpc) is 2.25. The molecule has 84 valence electrons. The van der Waals surface area contributed by atoms with E-state index in [9.17, 15) is 4.39 Å². The lowest BCUT2D eigenvalue weighted by Gasteiger charge is -2.15. The first kappa shape index (κ1) is 11.9. The molecule has 0 aliphatic rings. The maximum absolute atomic E-state index is 13.4. The van der Waals surface area contributed by atoms with Crippen molar-refractivity contribution >= 4 is 0 Å². The van der Waals surface area contributed by atoms with Crippen molar-refractivity contribution in [3.8, 4) is 5.75 Å². The van der Waals surface area contributed by atoms with Gasteiger partial charge in [0.2, 0.25) is 0 Å². The number of hydrogen-bond donors (Lipinski definition) is 1. The summed E-state index contributed by atoms with van der Waals surface area (Å²) < 4.78 is 23.6. The standard InChI is InChI=1S/C11H16FNO2/c1-3-15-11(7-13)8-4-5-10(14-2)9(12)6-8/h4-6,11H,3,7,13H2,1-2H3/t11-/m0/s1. The van der Waals surface area contributed by atoms with Crippen molar-refractivity contribution in [2.24, 2.45) is 5.73 Å². The summed E-state index contributed by atoms with van der Waals surface area (Å²) in [6.07, 6.45) is -0.254. The quantitative estimate of drug-likeness (QED) is 0.812. The zero-order valence-electron chi connectivity index (χ0n) is 9.00. The van der Waals surface area contributed by atoms with Crippen LogP contribution in [0.5, 0.6) is 5.75 Å². The molecular formula is C11H16FNO2. The van der Waals surface area contributed by atoms with Crippen LogP contribution in [0.1, 0.15) is 18.6 Å². The molecule has 15 heavy (non-hydrogen) atoms. The van der Waals surface area contributed by atoms with Crippen LogP contribution in [0.15, 0.2) is 18.2 Å². The van der Waals surface area contributed by atoms with Crippen LogP contribution in [0.2, 0.25) is 0 Å². The van der Waals surface area contributed by atoms with Gasteiger partial charge < -0.3 is 15.2 Å². The number of hydrogen-bond acceptors (Lipinski definition) is 3. The lowest BCUT2D eigenvalue weighted by molar-refractivity contribution is 0.0686. The van der Waals surface area contributed by atoms with Gasteiger partial charge in [0.25, 0.3) is 0 Å². The van der Waals surface area contributed by atoms with Crippen LogP contribution < -0.4 is 10.5 Å². The van der Waals surface area contributed by atoms with E-state index in [4.69, 9.17) is 15.2 Å². The van der Waals surface area contributed by atoms with Crippen LogP contribution >= 0.6 is 0 Å². The summed E-state index contributed by atoms with van der Waals surface area (Å²) in [4.78, 5) is 0. The molecule has 0 saturated carbocycles. The number of benzene rings is 1. The van der Waals surface area contributed by atoms with E-state index in [1.165, 1.54) is 13.2 Å². The van der Waals surface area contributed by atoms with E-state index in [0.717, 1.165) is 5.56 Å². The maximum atomic E-state index is 13.4. The minimum absolute atomic E-state index is 0.228. The minimum atomic E-state index is -0.395. The highest BCUT2D eigenvalue weighted by molar-refractivity contribution is 5.30. The molecule has 2 N–H and O–H groups in total. The number of halogens is 1. The molecule has 0 amide bonds.